The van der Waals surface area contributed by atoms with E-state index < -0.39 is 11.8 Å². The molecular weight excluding hydrogens is 416 g/mol. The minimum Gasteiger partial charge on any atom is -0.484 e. The summed E-state index contributed by atoms with van der Waals surface area (Å²) in [6.45, 7) is 5.60. The van der Waals surface area contributed by atoms with Crippen LogP contribution in [0.5, 0.6) is 5.75 Å². The van der Waals surface area contributed by atoms with Gasteiger partial charge in [-0.1, -0.05) is 35.4 Å². The topological polar surface area (TPSA) is 109 Å². The Balaban J connectivity index is 1.63. The van der Waals surface area contributed by atoms with Gasteiger partial charge >= 0.3 is 0 Å². The molecule has 0 aliphatic carbocycles. The molecule has 0 unspecified atom stereocenters. The van der Waals surface area contributed by atoms with E-state index in [1.165, 1.54) is 0 Å². The van der Waals surface area contributed by atoms with Crippen LogP contribution >= 0.6 is 12.2 Å². The molecule has 0 bridgehead atoms. The van der Waals surface area contributed by atoms with Gasteiger partial charge in [0.05, 0.1) is 0 Å². The molecule has 0 heterocycles. The Bertz CT molecular complexity index is 960. The Hall–Kier alpha value is -3.46. The third-order valence-electron chi connectivity index (χ3n) is 4.19. The highest BCUT2D eigenvalue weighted by molar-refractivity contribution is 7.80. The molecular formula is C22H26N4O4S. The average Bonchev–Trinajstić information content (AvgIpc) is 2.72. The molecule has 31 heavy (non-hydrogen) atoms. The van der Waals surface area contributed by atoms with E-state index in [1.54, 1.807) is 12.1 Å². The highest BCUT2D eigenvalue weighted by Gasteiger charge is 2.10. The summed E-state index contributed by atoms with van der Waals surface area (Å²) in [7, 11) is 0. The molecule has 9 heteroatoms. The van der Waals surface area contributed by atoms with E-state index in [0.717, 1.165) is 16.7 Å². The van der Waals surface area contributed by atoms with Crippen molar-refractivity contribution in [3.63, 3.8) is 0 Å². The van der Waals surface area contributed by atoms with Crippen molar-refractivity contribution in [1.29, 1.82) is 0 Å². The standard InChI is InChI=1S/C22H26N4O4S/c1-14-4-7-17(8-5-14)30-13-21(29)24-22(31)26-25-20(28)11-10-19(27)23-18-9-6-15(2)12-16(18)3/h4-9,12H,10-11,13H2,1-3H3,(H,23,27)(H,25,28)(H2,24,26,29,31). The number of aryl methyl sites for hydroxylation is 3. The summed E-state index contributed by atoms with van der Waals surface area (Å²) >= 11 is 4.95. The van der Waals surface area contributed by atoms with Crippen LogP contribution in [-0.4, -0.2) is 29.4 Å². The predicted octanol–water partition coefficient (Wildman–Crippen LogP) is 2.43. The van der Waals surface area contributed by atoms with Gasteiger partial charge in [0.25, 0.3) is 5.91 Å². The lowest BCUT2D eigenvalue weighted by Crippen LogP contribution is -2.49. The van der Waals surface area contributed by atoms with E-state index in [-0.39, 0.29) is 30.5 Å². The van der Waals surface area contributed by atoms with E-state index in [1.807, 2.05) is 51.1 Å². The maximum absolute atomic E-state index is 12.0. The fraction of sp³-hybridized carbons (Fsp3) is 0.273. The van der Waals surface area contributed by atoms with Crippen molar-refractivity contribution in [2.24, 2.45) is 0 Å². The first kappa shape index (κ1) is 23.8. The van der Waals surface area contributed by atoms with Gasteiger partial charge < -0.3 is 10.1 Å². The Morgan fingerprint density at radius 2 is 1.48 bits per heavy atom. The van der Waals surface area contributed by atoms with Crippen molar-refractivity contribution in [3.8, 4) is 5.75 Å². The van der Waals surface area contributed by atoms with E-state index in [2.05, 4.69) is 21.5 Å². The number of thiocarbonyl (C=S) groups is 1. The summed E-state index contributed by atoms with van der Waals surface area (Å²) in [5.74, 6) is -0.623. The van der Waals surface area contributed by atoms with Gasteiger partial charge in [0.15, 0.2) is 11.7 Å². The van der Waals surface area contributed by atoms with Gasteiger partial charge in [-0.2, -0.15) is 0 Å². The first-order chi connectivity index (χ1) is 14.7. The van der Waals surface area contributed by atoms with Crippen LogP contribution in [0.1, 0.15) is 29.5 Å². The third kappa shape index (κ3) is 8.83. The van der Waals surface area contributed by atoms with Crippen LogP contribution in [0.3, 0.4) is 0 Å². The van der Waals surface area contributed by atoms with Gasteiger partial charge in [0, 0.05) is 18.5 Å². The summed E-state index contributed by atoms with van der Waals surface area (Å²) in [5, 5.41) is 5.09. The summed E-state index contributed by atoms with van der Waals surface area (Å²) in [6, 6.07) is 13.0. The monoisotopic (exact) mass is 442 g/mol. The molecule has 164 valence electrons. The molecule has 0 aliphatic heterocycles. The average molecular weight is 443 g/mol. The number of ether oxygens (including phenoxy) is 1. The van der Waals surface area contributed by atoms with Crippen molar-refractivity contribution in [3.05, 3.63) is 59.2 Å². The van der Waals surface area contributed by atoms with Gasteiger partial charge in [-0.3, -0.25) is 30.6 Å². The van der Waals surface area contributed by atoms with E-state index >= 15 is 0 Å². The molecule has 4 N–H and O–H groups in total. The number of benzene rings is 2. The largest absolute Gasteiger partial charge is 0.484 e. The van der Waals surface area contributed by atoms with Crippen LogP contribution in [0.4, 0.5) is 5.69 Å². The number of anilines is 1. The highest BCUT2D eigenvalue weighted by Crippen LogP contribution is 2.16. The molecule has 2 aromatic rings. The molecule has 2 aromatic carbocycles. The number of carbonyl (C=O) groups is 3. The summed E-state index contributed by atoms with van der Waals surface area (Å²) in [6.07, 6.45) is -0.0405. The first-order valence-corrected chi connectivity index (χ1v) is 10.1. The zero-order valence-corrected chi connectivity index (χ0v) is 18.5. The Morgan fingerprint density at radius 3 is 2.16 bits per heavy atom. The molecule has 2 rings (SSSR count). The Kier molecular flexibility index (Phi) is 8.95. The number of nitrogens with one attached hydrogen (secondary N) is 4. The van der Waals surface area contributed by atoms with Gasteiger partial charge in [-0.25, -0.2) is 0 Å². The molecule has 0 spiro atoms. The second-order valence-corrected chi connectivity index (χ2v) is 7.43. The van der Waals surface area contributed by atoms with Crippen LogP contribution in [0.15, 0.2) is 42.5 Å². The number of carbonyl (C=O) groups excluding carboxylic acids is 3. The van der Waals surface area contributed by atoms with Gasteiger partial charge in [-0.15, -0.1) is 0 Å². The van der Waals surface area contributed by atoms with Crippen molar-refractivity contribution in [1.82, 2.24) is 16.2 Å². The van der Waals surface area contributed by atoms with Crippen molar-refractivity contribution >= 4 is 40.7 Å². The smallest absolute Gasteiger partial charge is 0.264 e. The SMILES string of the molecule is Cc1ccc(OCC(=O)NC(=S)NNC(=O)CCC(=O)Nc2ccc(C)cc2C)cc1. The van der Waals surface area contributed by atoms with E-state index in [4.69, 9.17) is 17.0 Å². The molecule has 0 aliphatic rings. The van der Waals surface area contributed by atoms with E-state index in [9.17, 15) is 14.4 Å². The molecule has 0 atom stereocenters. The number of amides is 3. The van der Waals surface area contributed by atoms with Gasteiger partial charge in [0.1, 0.15) is 5.75 Å². The second-order valence-electron chi connectivity index (χ2n) is 7.02. The first-order valence-electron chi connectivity index (χ1n) is 9.68. The zero-order chi connectivity index (χ0) is 22.8. The van der Waals surface area contributed by atoms with Crippen LogP contribution in [0.2, 0.25) is 0 Å². The molecule has 0 radical (unpaired) electrons. The molecule has 8 nitrogen and oxygen atoms in total. The molecule has 0 saturated carbocycles. The van der Waals surface area contributed by atoms with Crippen LogP contribution in [-0.2, 0) is 14.4 Å². The lowest BCUT2D eigenvalue weighted by Gasteiger charge is -2.12. The molecule has 3 amide bonds. The molecule has 0 fully saturated rings. The van der Waals surface area contributed by atoms with Crippen molar-refractivity contribution < 1.29 is 19.1 Å². The number of hydrazine groups is 1. The predicted molar refractivity (Wildman–Crippen MR) is 122 cm³/mol. The van der Waals surface area contributed by atoms with Gasteiger partial charge in [0.2, 0.25) is 11.8 Å². The van der Waals surface area contributed by atoms with E-state index in [0.29, 0.717) is 11.4 Å². The second kappa shape index (κ2) is 11.7. The normalized spacial score (nSPS) is 10.0. The maximum Gasteiger partial charge on any atom is 0.264 e. The fourth-order valence-corrected chi connectivity index (χ4v) is 2.72. The summed E-state index contributed by atoms with van der Waals surface area (Å²) in [5.41, 5.74) is 8.61. The Labute approximate surface area is 186 Å². The van der Waals surface area contributed by atoms with Crippen molar-refractivity contribution in [2.45, 2.75) is 33.6 Å². The lowest BCUT2D eigenvalue weighted by molar-refractivity contribution is -0.125. The van der Waals surface area contributed by atoms with Crippen LogP contribution in [0, 0.1) is 20.8 Å². The number of hydrogen-bond acceptors (Lipinski definition) is 5. The van der Waals surface area contributed by atoms with Gasteiger partial charge in [-0.05, 0) is 56.8 Å². The minimum atomic E-state index is -0.472. The summed E-state index contributed by atoms with van der Waals surface area (Å²) in [4.78, 5) is 35.8. The lowest BCUT2D eigenvalue weighted by atomic mass is 10.1. The summed E-state index contributed by atoms with van der Waals surface area (Å²) < 4.78 is 5.35. The van der Waals surface area contributed by atoms with Crippen molar-refractivity contribution in [2.75, 3.05) is 11.9 Å². The van der Waals surface area contributed by atoms with Crippen LogP contribution in [0.25, 0.3) is 0 Å². The number of rotatable bonds is 7. The fourth-order valence-electron chi connectivity index (χ4n) is 2.56. The highest BCUT2D eigenvalue weighted by atomic mass is 32.1. The minimum absolute atomic E-state index is 0.00431. The third-order valence-corrected chi connectivity index (χ3v) is 4.40. The van der Waals surface area contributed by atoms with Crippen LogP contribution < -0.4 is 26.2 Å². The molecule has 0 aromatic heterocycles. The number of hydrogen-bond donors (Lipinski definition) is 4. The Morgan fingerprint density at radius 1 is 0.839 bits per heavy atom. The maximum atomic E-state index is 12.0. The quantitative estimate of drug-likeness (QED) is 0.387. The zero-order valence-electron chi connectivity index (χ0n) is 17.7. The molecule has 0 saturated heterocycles.